The summed E-state index contributed by atoms with van der Waals surface area (Å²) in [5, 5.41) is 0. The van der Waals surface area contributed by atoms with Crippen molar-refractivity contribution in [1.82, 2.24) is 4.98 Å². The van der Waals surface area contributed by atoms with Crippen molar-refractivity contribution in [3.63, 3.8) is 0 Å². The Labute approximate surface area is 82.3 Å². The van der Waals surface area contributed by atoms with Crippen molar-refractivity contribution in [2.45, 2.75) is 19.8 Å². The number of aromatic amines is 1. The number of hydrogen-bond acceptors (Lipinski definition) is 3. The Bertz CT molecular complexity index is 341. The van der Waals surface area contributed by atoms with Gasteiger partial charge in [-0.1, -0.05) is 0 Å². The Morgan fingerprint density at radius 3 is 2.86 bits per heavy atom. The second-order valence-corrected chi connectivity index (χ2v) is 3.05. The summed E-state index contributed by atoms with van der Waals surface area (Å²) in [6.07, 6.45) is 3.47. The van der Waals surface area contributed by atoms with Crippen LogP contribution in [0.3, 0.4) is 0 Å². The van der Waals surface area contributed by atoms with Crippen LogP contribution in [0.4, 0.5) is 0 Å². The molecule has 0 spiro atoms. The number of H-pyrrole nitrogens is 1. The number of ether oxygens (including phenoxy) is 1. The molecule has 0 aliphatic rings. The molecule has 76 valence electrons. The number of carbonyl (C=O) groups excluding carboxylic acids is 2. The first-order valence-electron chi connectivity index (χ1n) is 4.38. The van der Waals surface area contributed by atoms with Gasteiger partial charge in [-0.2, -0.15) is 0 Å². The van der Waals surface area contributed by atoms with E-state index in [2.05, 4.69) is 9.72 Å². The first-order chi connectivity index (χ1) is 6.69. The van der Waals surface area contributed by atoms with Crippen LogP contribution in [0.15, 0.2) is 6.20 Å². The van der Waals surface area contributed by atoms with Gasteiger partial charge >= 0.3 is 5.97 Å². The maximum Gasteiger partial charge on any atom is 0.305 e. The highest BCUT2D eigenvalue weighted by molar-refractivity contribution is 5.75. The Hall–Kier alpha value is -1.58. The minimum Gasteiger partial charge on any atom is -0.469 e. The fraction of sp³-hybridized carbons (Fsp3) is 0.400. The van der Waals surface area contributed by atoms with Gasteiger partial charge in [0, 0.05) is 12.6 Å². The Morgan fingerprint density at radius 2 is 2.36 bits per heavy atom. The predicted octanol–water partition coefficient (Wildman–Crippen LogP) is 1.24. The molecule has 1 aromatic rings. The highest BCUT2D eigenvalue weighted by atomic mass is 16.5. The third-order valence-corrected chi connectivity index (χ3v) is 2.23. The highest BCUT2D eigenvalue weighted by Crippen LogP contribution is 2.13. The van der Waals surface area contributed by atoms with Crippen LogP contribution >= 0.6 is 0 Å². The lowest BCUT2D eigenvalue weighted by atomic mass is 10.1. The number of aromatic nitrogens is 1. The van der Waals surface area contributed by atoms with Crippen LogP contribution < -0.4 is 0 Å². The minimum atomic E-state index is -0.238. The van der Waals surface area contributed by atoms with E-state index in [0.29, 0.717) is 18.5 Å². The molecular formula is C10H13NO3. The number of hydrogen-bond donors (Lipinski definition) is 1. The quantitative estimate of drug-likeness (QED) is 0.581. The van der Waals surface area contributed by atoms with E-state index in [1.807, 2.05) is 6.92 Å². The summed E-state index contributed by atoms with van der Waals surface area (Å²) in [7, 11) is 1.36. The molecule has 0 amide bonds. The van der Waals surface area contributed by atoms with E-state index in [9.17, 15) is 9.59 Å². The van der Waals surface area contributed by atoms with Crippen LogP contribution in [0.25, 0.3) is 0 Å². The molecule has 0 bridgehead atoms. The van der Waals surface area contributed by atoms with Crippen LogP contribution in [0, 0.1) is 6.92 Å². The number of carbonyl (C=O) groups is 2. The molecule has 1 aromatic heterocycles. The number of aryl methyl sites for hydroxylation is 1. The maximum atomic E-state index is 10.9. The van der Waals surface area contributed by atoms with Gasteiger partial charge < -0.3 is 9.72 Å². The number of aldehydes is 1. The van der Waals surface area contributed by atoms with Gasteiger partial charge in [-0.05, 0) is 24.5 Å². The van der Waals surface area contributed by atoms with Crippen LogP contribution in [-0.4, -0.2) is 24.3 Å². The monoisotopic (exact) mass is 195 g/mol. The molecule has 1 heterocycles. The van der Waals surface area contributed by atoms with Crippen molar-refractivity contribution >= 4 is 12.3 Å². The molecule has 0 atom stereocenters. The summed E-state index contributed by atoms with van der Waals surface area (Å²) < 4.78 is 4.53. The van der Waals surface area contributed by atoms with E-state index in [0.717, 1.165) is 17.4 Å². The zero-order valence-corrected chi connectivity index (χ0v) is 8.29. The smallest absolute Gasteiger partial charge is 0.305 e. The number of nitrogens with one attached hydrogen (secondary N) is 1. The second kappa shape index (κ2) is 4.60. The van der Waals surface area contributed by atoms with E-state index in [-0.39, 0.29) is 5.97 Å². The highest BCUT2D eigenvalue weighted by Gasteiger charge is 2.08. The zero-order chi connectivity index (χ0) is 10.6. The topological polar surface area (TPSA) is 59.2 Å². The zero-order valence-electron chi connectivity index (χ0n) is 8.29. The molecule has 0 aliphatic carbocycles. The van der Waals surface area contributed by atoms with Crippen molar-refractivity contribution in [3.05, 3.63) is 23.0 Å². The molecule has 0 fully saturated rings. The average Bonchev–Trinajstić information content (AvgIpc) is 2.56. The van der Waals surface area contributed by atoms with E-state index in [4.69, 9.17) is 0 Å². The molecule has 0 saturated carbocycles. The van der Waals surface area contributed by atoms with Gasteiger partial charge in [-0.25, -0.2) is 0 Å². The molecule has 0 unspecified atom stereocenters. The standard InChI is InChI=1S/C10H13NO3/c1-7-8(3-4-10(13)14-2)5-11-9(7)6-12/h5-6,11H,3-4H2,1-2H3. The molecule has 1 rings (SSSR count). The van der Waals surface area contributed by atoms with Gasteiger partial charge in [0.1, 0.15) is 0 Å². The van der Waals surface area contributed by atoms with Crippen molar-refractivity contribution in [2.24, 2.45) is 0 Å². The first-order valence-corrected chi connectivity index (χ1v) is 4.38. The van der Waals surface area contributed by atoms with Gasteiger partial charge in [0.05, 0.1) is 12.8 Å². The number of esters is 1. The fourth-order valence-corrected chi connectivity index (χ4v) is 1.28. The minimum absolute atomic E-state index is 0.238. The van der Waals surface area contributed by atoms with Crippen molar-refractivity contribution in [1.29, 1.82) is 0 Å². The summed E-state index contributed by atoms with van der Waals surface area (Å²) in [5.41, 5.74) is 2.46. The summed E-state index contributed by atoms with van der Waals surface area (Å²) in [6.45, 7) is 1.85. The van der Waals surface area contributed by atoms with E-state index >= 15 is 0 Å². The lowest BCUT2D eigenvalue weighted by Gasteiger charge is -1.98. The molecule has 4 nitrogen and oxygen atoms in total. The van der Waals surface area contributed by atoms with Gasteiger partial charge in [-0.15, -0.1) is 0 Å². The second-order valence-electron chi connectivity index (χ2n) is 3.05. The SMILES string of the molecule is COC(=O)CCc1c[nH]c(C=O)c1C. The van der Waals surface area contributed by atoms with Crippen molar-refractivity contribution in [2.75, 3.05) is 7.11 Å². The molecule has 0 aromatic carbocycles. The van der Waals surface area contributed by atoms with Gasteiger partial charge in [0.2, 0.25) is 0 Å². The summed E-state index contributed by atoms with van der Waals surface area (Å²) in [4.78, 5) is 24.2. The van der Waals surface area contributed by atoms with Crippen LogP contribution in [-0.2, 0) is 16.0 Å². The Morgan fingerprint density at radius 1 is 1.64 bits per heavy atom. The van der Waals surface area contributed by atoms with E-state index in [1.54, 1.807) is 6.20 Å². The Kier molecular flexibility index (Phi) is 3.45. The normalized spacial score (nSPS) is 9.86. The molecular weight excluding hydrogens is 182 g/mol. The average molecular weight is 195 g/mol. The van der Waals surface area contributed by atoms with Gasteiger partial charge in [0.15, 0.2) is 6.29 Å². The third-order valence-electron chi connectivity index (χ3n) is 2.23. The first kappa shape index (κ1) is 10.5. The summed E-state index contributed by atoms with van der Waals surface area (Å²) in [6, 6.07) is 0. The van der Waals surface area contributed by atoms with Gasteiger partial charge in [-0.3, -0.25) is 9.59 Å². The fourth-order valence-electron chi connectivity index (χ4n) is 1.28. The van der Waals surface area contributed by atoms with Crippen molar-refractivity contribution < 1.29 is 14.3 Å². The van der Waals surface area contributed by atoms with Crippen LogP contribution in [0.2, 0.25) is 0 Å². The van der Waals surface area contributed by atoms with Crippen molar-refractivity contribution in [3.8, 4) is 0 Å². The largest absolute Gasteiger partial charge is 0.469 e. The molecule has 0 saturated heterocycles. The maximum absolute atomic E-state index is 10.9. The van der Waals surface area contributed by atoms with E-state index in [1.165, 1.54) is 7.11 Å². The third kappa shape index (κ3) is 2.22. The molecule has 1 N–H and O–H groups in total. The van der Waals surface area contributed by atoms with E-state index < -0.39 is 0 Å². The molecule has 0 aliphatic heterocycles. The number of rotatable bonds is 4. The Balaban J connectivity index is 2.63. The number of methoxy groups -OCH3 is 1. The molecule has 14 heavy (non-hydrogen) atoms. The molecule has 0 radical (unpaired) electrons. The summed E-state index contributed by atoms with van der Waals surface area (Å²) >= 11 is 0. The lowest BCUT2D eigenvalue weighted by Crippen LogP contribution is -2.02. The summed E-state index contributed by atoms with van der Waals surface area (Å²) in [5.74, 6) is -0.238. The van der Waals surface area contributed by atoms with Crippen LogP contribution in [0.5, 0.6) is 0 Å². The lowest BCUT2D eigenvalue weighted by molar-refractivity contribution is -0.140. The van der Waals surface area contributed by atoms with Crippen LogP contribution in [0.1, 0.15) is 28.0 Å². The van der Waals surface area contributed by atoms with Gasteiger partial charge in [0.25, 0.3) is 0 Å². The predicted molar refractivity (Wildman–Crippen MR) is 51.3 cm³/mol. The molecule has 4 heteroatoms.